The molecule has 3 aromatic heterocycles. The molecule has 0 bridgehead atoms. The van der Waals surface area contributed by atoms with Crippen molar-refractivity contribution in [1.82, 2.24) is 30.4 Å². The third kappa shape index (κ3) is 4.75. The molecule has 160 valence electrons. The van der Waals surface area contributed by atoms with Gasteiger partial charge >= 0.3 is 0 Å². The molecule has 0 saturated carbocycles. The molecule has 10 nitrogen and oxygen atoms in total. The van der Waals surface area contributed by atoms with Gasteiger partial charge in [0.25, 0.3) is 11.8 Å². The molecular weight excluding hydrogens is 403 g/mol. The Balaban J connectivity index is 1.92. The zero-order valence-electron chi connectivity index (χ0n) is 17.2. The number of nitrogens with zero attached hydrogens (tertiary/aromatic N) is 5. The number of carbonyl (C=O) groups excluding carboxylic acids is 2. The van der Waals surface area contributed by atoms with Crippen molar-refractivity contribution in [2.45, 2.75) is 26.1 Å². The van der Waals surface area contributed by atoms with E-state index in [4.69, 9.17) is 5.26 Å². The highest BCUT2D eigenvalue weighted by Gasteiger charge is 2.20. The lowest BCUT2D eigenvalue weighted by molar-refractivity contribution is -0.125. The monoisotopic (exact) mass is 424 g/mol. The normalized spacial score (nSPS) is 11.7. The van der Waals surface area contributed by atoms with E-state index in [9.17, 15) is 14.0 Å². The molecule has 0 unspecified atom stereocenters. The summed E-state index contributed by atoms with van der Waals surface area (Å²) in [5, 5.41) is 21.7. The van der Waals surface area contributed by atoms with Gasteiger partial charge in [-0.1, -0.05) is 0 Å². The van der Waals surface area contributed by atoms with Gasteiger partial charge in [0.1, 0.15) is 6.07 Å². The number of fused-ring (bicyclic) bond motifs is 1. The Morgan fingerprint density at radius 1 is 1.23 bits per heavy atom. The minimum atomic E-state index is -1.86. The Morgan fingerprint density at radius 2 is 2.00 bits per heavy atom. The first kappa shape index (κ1) is 21.6. The van der Waals surface area contributed by atoms with Crippen molar-refractivity contribution in [2.24, 2.45) is 0 Å². The van der Waals surface area contributed by atoms with Crippen LogP contribution < -0.4 is 16.0 Å². The van der Waals surface area contributed by atoms with E-state index >= 15 is 0 Å². The number of anilines is 1. The summed E-state index contributed by atoms with van der Waals surface area (Å²) in [6.45, 7) is 3.34. The molecule has 0 spiro atoms. The molecule has 0 aliphatic heterocycles. The summed E-state index contributed by atoms with van der Waals surface area (Å²) in [6, 6.07) is 5.32. The van der Waals surface area contributed by atoms with Gasteiger partial charge in [-0.15, -0.1) is 0 Å². The average Bonchev–Trinajstić information content (AvgIpc) is 3.19. The Bertz CT molecular complexity index is 1170. The van der Waals surface area contributed by atoms with E-state index in [0.717, 1.165) is 0 Å². The van der Waals surface area contributed by atoms with Crippen LogP contribution in [-0.4, -0.2) is 57.4 Å². The van der Waals surface area contributed by atoms with Gasteiger partial charge in [-0.05, 0) is 19.9 Å². The highest BCUT2D eigenvalue weighted by molar-refractivity contribution is 6.00. The SMILES string of the molecule is CNC(=O)[C@H](F)CNC(=O)c1cnc(-n2ncc3cc(C#N)cnc32)cc1NC(C)C. The maximum absolute atomic E-state index is 13.7. The molecule has 31 heavy (non-hydrogen) atoms. The fraction of sp³-hybridized carbons (Fsp3) is 0.300. The second-order valence-electron chi connectivity index (χ2n) is 6.98. The number of nitrogens with one attached hydrogen (secondary N) is 3. The number of amides is 2. The molecule has 0 saturated heterocycles. The van der Waals surface area contributed by atoms with E-state index in [1.54, 1.807) is 18.3 Å². The lowest BCUT2D eigenvalue weighted by Gasteiger charge is -2.16. The number of hydrogen-bond acceptors (Lipinski definition) is 7. The number of halogens is 1. The Hall–Kier alpha value is -4.07. The first-order chi connectivity index (χ1) is 14.8. The van der Waals surface area contributed by atoms with Crippen molar-refractivity contribution < 1.29 is 14.0 Å². The van der Waals surface area contributed by atoms with Gasteiger partial charge in [-0.2, -0.15) is 15.0 Å². The predicted octanol–water partition coefficient (Wildman–Crippen LogP) is 1.32. The number of carbonyl (C=O) groups is 2. The van der Waals surface area contributed by atoms with Gasteiger partial charge in [-0.3, -0.25) is 9.59 Å². The van der Waals surface area contributed by atoms with E-state index in [0.29, 0.717) is 28.1 Å². The molecule has 0 aliphatic carbocycles. The van der Waals surface area contributed by atoms with Crippen LogP contribution in [0.25, 0.3) is 16.9 Å². The molecule has 11 heteroatoms. The largest absolute Gasteiger partial charge is 0.382 e. The standard InChI is InChI=1S/C20H21FN8O2/c1-11(2)28-16-5-17(29-18-13(8-27-29)4-12(6-22)7-25-18)24-9-14(16)19(30)26-10-15(21)20(31)23-3/h4-5,7-9,11,15H,10H2,1-3H3,(H,23,31)(H,24,28)(H,26,30)/t15-/m1/s1. The summed E-state index contributed by atoms with van der Waals surface area (Å²) in [5.74, 6) is -0.983. The number of nitriles is 1. The highest BCUT2D eigenvalue weighted by Crippen LogP contribution is 2.22. The maximum Gasteiger partial charge on any atom is 0.256 e. The van der Waals surface area contributed by atoms with Gasteiger partial charge in [-0.25, -0.2) is 14.4 Å². The lowest BCUT2D eigenvalue weighted by atomic mass is 10.2. The van der Waals surface area contributed by atoms with Crippen LogP contribution in [0.1, 0.15) is 29.8 Å². The van der Waals surface area contributed by atoms with E-state index in [2.05, 4.69) is 31.0 Å². The Morgan fingerprint density at radius 3 is 2.68 bits per heavy atom. The van der Waals surface area contributed by atoms with Crippen molar-refractivity contribution in [3.8, 4) is 11.9 Å². The van der Waals surface area contributed by atoms with Crippen LogP contribution in [0, 0.1) is 11.3 Å². The summed E-state index contributed by atoms with van der Waals surface area (Å²) >= 11 is 0. The minimum absolute atomic E-state index is 0.00716. The number of pyridine rings is 2. The molecule has 3 N–H and O–H groups in total. The smallest absolute Gasteiger partial charge is 0.256 e. The van der Waals surface area contributed by atoms with Crippen molar-refractivity contribution in [3.05, 3.63) is 41.9 Å². The molecule has 1 atom stereocenters. The average molecular weight is 424 g/mol. The van der Waals surface area contributed by atoms with Crippen LogP contribution >= 0.6 is 0 Å². The number of aromatic nitrogens is 4. The number of rotatable bonds is 7. The third-order valence-electron chi connectivity index (χ3n) is 4.31. The van der Waals surface area contributed by atoms with Gasteiger partial charge in [0.05, 0.1) is 29.6 Å². The van der Waals surface area contributed by atoms with Crippen LogP contribution in [0.3, 0.4) is 0 Å². The lowest BCUT2D eigenvalue weighted by Crippen LogP contribution is -2.39. The zero-order valence-corrected chi connectivity index (χ0v) is 17.2. The van der Waals surface area contributed by atoms with Gasteiger partial charge < -0.3 is 16.0 Å². The summed E-state index contributed by atoms with van der Waals surface area (Å²) in [5.41, 5.74) is 1.57. The fourth-order valence-corrected chi connectivity index (χ4v) is 2.85. The summed E-state index contributed by atoms with van der Waals surface area (Å²) in [6.07, 6.45) is 2.50. The summed E-state index contributed by atoms with van der Waals surface area (Å²) in [7, 11) is 1.32. The fourth-order valence-electron chi connectivity index (χ4n) is 2.85. The molecule has 3 heterocycles. The molecule has 0 radical (unpaired) electrons. The molecule has 0 aromatic carbocycles. The third-order valence-corrected chi connectivity index (χ3v) is 4.31. The second-order valence-corrected chi connectivity index (χ2v) is 6.98. The van der Waals surface area contributed by atoms with Crippen LogP contribution in [0.4, 0.5) is 10.1 Å². The number of alkyl halides is 1. The molecule has 0 fully saturated rings. The summed E-state index contributed by atoms with van der Waals surface area (Å²) in [4.78, 5) is 32.5. The minimum Gasteiger partial charge on any atom is -0.382 e. The zero-order chi connectivity index (χ0) is 22.5. The molecule has 2 amide bonds. The van der Waals surface area contributed by atoms with Crippen molar-refractivity contribution in [1.29, 1.82) is 5.26 Å². The van der Waals surface area contributed by atoms with E-state index in [1.165, 1.54) is 24.1 Å². The van der Waals surface area contributed by atoms with Crippen LogP contribution in [0.2, 0.25) is 0 Å². The van der Waals surface area contributed by atoms with Crippen LogP contribution in [0.15, 0.2) is 30.7 Å². The van der Waals surface area contributed by atoms with Crippen LogP contribution in [-0.2, 0) is 4.79 Å². The van der Waals surface area contributed by atoms with E-state index < -0.39 is 24.5 Å². The molecule has 3 rings (SSSR count). The van der Waals surface area contributed by atoms with Gasteiger partial charge in [0.2, 0.25) is 0 Å². The maximum atomic E-state index is 13.7. The molecular formula is C20H21FN8O2. The molecule has 0 aliphatic rings. The topological polar surface area (TPSA) is 138 Å². The van der Waals surface area contributed by atoms with E-state index in [1.807, 2.05) is 19.9 Å². The van der Waals surface area contributed by atoms with Crippen molar-refractivity contribution >= 4 is 28.5 Å². The van der Waals surface area contributed by atoms with Crippen molar-refractivity contribution in [3.63, 3.8) is 0 Å². The quantitative estimate of drug-likeness (QED) is 0.520. The second kappa shape index (κ2) is 9.17. The van der Waals surface area contributed by atoms with Gasteiger partial charge in [0.15, 0.2) is 17.6 Å². The number of hydrogen-bond donors (Lipinski definition) is 3. The van der Waals surface area contributed by atoms with E-state index in [-0.39, 0.29) is 11.6 Å². The first-order valence-electron chi connectivity index (χ1n) is 9.48. The Kier molecular flexibility index (Phi) is 6.40. The van der Waals surface area contributed by atoms with Crippen LogP contribution in [0.5, 0.6) is 0 Å². The predicted molar refractivity (Wildman–Crippen MR) is 111 cm³/mol. The molecule has 3 aromatic rings. The van der Waals surface area contributed by atoms with Gasteiger partial charge in [0, 0.05) is 36.9 Å². The Labute approximate surface area is 177 Å². The summed E-state index contributed by atoms with van der Waals surface area (Å²) < 4.78 is 15.2. The van der Waals surface area contributed by atoms with Crippen molar-refractivity contribution in [2.75, 3.05) is 18.9 Å². The highest BCUT2D eigenvalue weighted by atomic mass is 19.1. The first-order valence-corrected chi connectivity index (χ1v) is 9.48.